The molecule has 2 heteroatoms. The van der Waals surface area contributed by atoms with Gasteiger partial charge >= 0.3 is 0 Å². The van der Waals surface area contributed by atoms with Gasteiger partial charge in [-0.25, -0.2) is 0 Å². The predicted octanol–water partition coefficient (Wildman–Crippen LogP) is 3.58. The van der Waals surface area contributed by atoms with Gasteiger partial charge in [-0.15, -0.1) is 0 Å². The highest BCUT2D eigenvalue weighted by atomic mass is 16.5. The fraction of sp³-hybridized carbons (Fsp3) is 0.0667. The fourth-order valence-corrected chi connectivity index (χ4v) is 2.24. The zero-order chi connectivity index (χ0) is 11.8. The highest BCUT2D eigenvalue weighted by molar-refractivity contribution is 6.12. The lowest BCUT2D eigenvalue weighted by Gasteiger charge is -2.08. The highest BCUT2D eigenvalue weighted by Gasteiger charge is 2.05. The van der Waals surface area contributed by atoms with Crippen LogP contribution in [0.5, 0.6) is 5.75 Å². The molecule has 2 N–H and O–H groups in total. The molecule has 0 aliphatic carbocycles. The first kappa shape index (κ1) is 9.97. The summed E-state index contributed by atoms with van der Waals surface area (Å²) >= 11 is 0. The van der Waals surface area contributed by atoms with Crippen LogP contribution in [0.4, 0.5) is 5.69 Å². The third-order valence-electron chi connectivity index (χ3n) is 3.10. The first-order valence-corrected chi connectivity index (χ1v) is 5.54. The molecule has 0 aliphatic rings. The topological polar surface area (TPSA) is 35.2 Å². The number of hydrogen-bond acceptors (Lipinski definition) is 2. The molecule has 0 aromatic heterocycles. The van der Waals surface area contributed by atoms with E-state index in [0.29, 0.717) is 0 Å². The zero-order valence-corrected chi connectivity index (χ0v) is 9.60. The Kier molecular flexibility index (Phi) is 2.15. The lowest BCUT2D eigenvalue weighted by atomic mass is 10.0. The summed E-state index contributed by atoms with van der Waals surface area (Å²) < 4.78 is 5.27. The van der Waals surface area contributed by atoms with Crippen molar-refractivity contribution in [1.82, 2.24) is 0 Å². The highest BCUT2D eigenvalue weighted by Crippen LogP contribution is 2.32. The van der Waals surface area contributed by atoms with Crippen molar-refractivity contribution in [3.05, 3.63) is 48.5 Å². The Morgan fingerprint density at radius 2 is 1.71 bits per heavy atom. The molecular weight excluding hydrogens is 210 g/mol. The Balaban J connectivity index is 2.52. The smallest absolute Gasteiger partial charge is 0.119 e. The number of rotatable bonds is 1. The van der Waals surface area contributed by atoms with E-state index in [2.05, 4.69) is 12.1 Å². The van der Waals surface area contributed by atoms with E-state index in [-0.39, 0.29) is 0 Å². The molecule has 0 aliphatic heterocycles. The summed E-state index contributed by atoms with van der Waals surface area (Å²) in [5, 5.41) is 4.57. The van der Waals surface area contributed by atoms with Gasteiger partial charge in [0.05, 0.1) is 7.11 Å². The molecule has 0 saturated carbocycles. The van der Waals surface area contributed by atoms with E-state index >= 15 is 0 Å². The fourth-order valence-electron chi connectivity index (χ4n) is 2.24. The van der Waals surface area contributed by atoms with Crippen LogP contribution < -0.4 is 10.5 Å². The molecule has 84 valence electrons. The summed E-state index contributed by atoms with van der Waals surface area (Å²) in [5.74, 6) is 0.855. The van der Waals surface area contributed by atoms with Crippen LogP contribution in [0.2, 0.25) is 0 Å². The molecule has 0 radical (unpaired) electrons. The van der Waals surface area contributed by atoms with E-state index in [4.69, 9.17) is 10.5 Å². The molecule has 2 nitrogen and oxygen atoms in total. The second kappa shape index (κ2) is 3.67. The number of anilines is 1. The lowest BCUT2D eigenvalue weighted by molar-refractivity contribution is 0.415. The minimum absolute atomic E-state index is 0.807. The standard InChI is InChI=1S/C15H13NO/c1-17-11-6-7-13-14(9-11)12-5-3-2-4-10(12)8-15(13)16/h2-9H,16H2,1H3. The third-order valence-corrected chi connectivity index (χ3v) is 3.10. The van der Waals surface area contributed by atoms with Crippen LogP contribution in [0.3, 0.4) is 0 Å². The summed E-state index contributed by atoms with van der Waals surface area (Å²) in [6.07, 6.45) is 0. The van der Waals surface area contributed by atoms with Crippen LogP contribution in [0.25, 0.3) is 21.5 Å². The van der Waals surface area contributed by atoms with Crippen LogP contribution in [-0.2, 0) is 0 Å². The monoisotopic (exact) mass is 223 g/mol. The minimum atomic E-state index is 0.807. The van der Waals surface area contributed by atoms with Crippen molar-refractivity contribution in [2.75, 3.05) is 12.8 Å². The van der Waals surface area contributed by atoms with Gasteiger partial charge in [-0.05, 0) is 40.4 Å². The van der Waals surface area contributed by atoms with E-state index in [1.54, 1.807) is 7.11 Å². The molecule has 0 saturated heterocycles. The second-order valence-corrected chi connectivity index (χ2v) is 4.10. The predicted molar refractivity (Wildman–Crippen MR) is 72.4 cm³/mol. The molecule has 0 atom stereocenters. The van der Waals surface area contributed by atoms with Crippen molar-refractivity contribution in [3.63, 3.8) is 0 Å². The largest absolute Gasteiger partial charge is 0.497 e. The van der Waals surface area contributed by atoms with Crippen LogP contribution in [0.15, 0.2) is 48.5 Å². The number of nitrogen functional groups attached to an aromatic ring is 1. The lowest BCUT2D eigenvalue weighted by Crippen LogP contribution is -1.89. The number of hydrogen-bond donors (Lipinski definition) is 1. The van der Waals surface area contributed by atoms with Crippen LogP contribution in [-0.4, -0.2) is 7.11 Å². The maximum absolute atomic E-state index is 6.07. The Morgan fingerprint density at radius 1 is 0.882 bits per heavy atom. The molecule has 0 unspecified atom stereocenters. The summed E-state index contributed by atoms with van der Waals surface area (Å²) in [6.45, 7) is 0. The van der Waals surface area contributed by atoms with Crippen molar-refractivity contribution < 1.29 is 4.74 Å². The molecule has 0 bridgehead atoms. The van der Waals surface area contributed by atoms with Crippen LogP contribution >= 0.6 is 0 Å². The minimum Gasteiger partial charge on any atom is -0.497 e. The number of methoxy groups -OCH3 is 1. The van der Waals surface area contributed by atoms with Crippen molar-refractivity contribution >= 4 is 27.2 Å². The first-order valence-electron chi connectivity index (χ1n) is 5.54. The molecule has 0 amide bonds. The SMILES string of the molecule is COc1ccc2c(N)cc3ccccc3c2c1. The van der Waals surface area contributed by atoms with Crippen molar-refractivity contribution in [1.29, 1.82) is 0 Å². The molecule has 3 aromatic rings. The number of ether oxygens (including phenoxy) is 1. The summed E-state index contributed by atoms with van der Waals surface area (Å²) in [5.41, 5.74) is 6.88. The Hall–Kier alpha value is -2.22. The molecule has 0 spiro atoms. The summed E-state index contributed by atoms with van der Waals surface area (Å²) in [7, 11) is 1.68. The van der Waals surface area contributed by atoms with Crippen LogP contribution in [0.1, 0.15) is 0 Å². The molecule has 3 rings (SSSR count). The Bertz CT molecular complexity index is 704. The Labute approximate surface area is 99.6 Å². The van der Waals surface area contributed by atoms with Crippen molar-refractivity contribution in [2.24, 2.45) is 0 Å². The number of benzene rings is 3. The normalized spacial score (nSPS) is 10.9. The summed E-state index contributed by atoms with van der Waals surface area (Å²) in [6, 6.07) is 16.2. The molecule has 3 aromatic carbocycles. The van der Waals surface area contributed by atoms with Gasteiger partial charge in [0.15, 0.2) is 0 Å². The average Bonchev–Trinajstić information content (AvgIpc) is 2.38. The van der Waals surface area contributed by atoms with Gasteiger partial charge in [-0.1, -0.05) is 24.3 Å². The van der Waals surface area contributed by atoms with Gasteiger partial charge in [-0.3, -0.25) is 0 Å². The maximum Gasteiger partial charge on any atom is 0.119 e. The van der Waals surface area contributed by atoms with E-state index in [0.717, 1.165) is 27.6 Å². The van der Waals surface area contributed by atoms with Gasteiger partial charge in [-0.2, -0.15) is 0 Å². The van der Waals surface area contributed by atoms with E-state index in [1.165, 1.54) is 5.39 Å². The number of fused-ring (bicyclic) bond motifs is 3. The number of nitrogens with two attached hydrogens (primary N) is 1. The molecule has 0 fully saturated rings. The van der Waals surface area contributed by atoms with Gasteiger partial charge < -0.3 is 10.5 Å². The van der Waals surface area contributed by atoms with Crippen LogP contribution in [0, 0.1) is 0 Å². The first-order chi connectivity index (χ1) is 8.29. The quantitative estimate of drug-likeness (QED) is 0.505. The Morgan fingerprint density at radius 3 is 2.53 bits per heavy atom. The third kappa shape index (κ3) is 1.49. The van der Waals surface area contributed by atoms with E-state index < -0.39 is 0 Å². The van der Waals surface area contributed by atoms with Gasteiger partial charge in [0.1, 0.15) is 5.75 Å². The van der Waals surface area contributed by atoms with Gasteiger partial charge in [0, 0.05) is 11.1 Å². The molecular formula is C15H13NO. The second-order valence-electron chi connectivity index (χ2n) is 4.10. The van der Waals surface area contributed by atoms with E-state index in [1.807, 2.05) is 36.4 Å². The molecule has 17 heavy (non-hydrogen) atoms. The van der Waals surface area contributed by atoms with Gasteiger partial charge in [0.25, 0.3) is 0 Å². The van der Waals surface area contributed by atoms with E-state index in [9.17, 15) is 0 Å². The average molecular weight is 223 g/mol. The van der Waals surface area contributed by atoms with Gasteiger partial charge in [0.2, 0.25) is 0 Å². The molecule has 0 heterocycles. The summed E-state index contributed by atoms with van der Waals surface area (Å²) in [4.78, 5) is 0. The van der Waals surface area contributed by atoms with Crippen molar-refractivity contribution in [3.8, 4) is 5.75 Å². The zero-order valence-electron chi connectivity index (χ0n) is 9.60. The maximum atomic E-state index is 6.07. The van der Waals surface area contributed by atoms with Crippen molar-refractivity contribution in [2.45, 2.75) is 0 Å².